The van der Waals surface area contributed by atoms with Crippen LogP contribution in [0, 0.1) is 11.8 Å². The number of carbonyl (C=O) groups excluding carboxylic acids is 1. The molecule has 1 amide bonds. The lowest BCUT2D eigenvalue weighted by Crippen LogP contribution is -2.27. The number of hydrogen-bond acceptors (Lipinski definition) is 3. The van der Waals surface area contributed by atoms with Crippen LogP contribution in [-0.4, -0.2) is 23.6 Å². The molecule has 0 heterocycles. The number of nitrogens with one attached hydrogen (secondary N) is 1. The van der Waals surface area contributed by atoms with Crippen LogP contribution < -0.4 is 10.1 Å². The summed E-state index contributed by atoms with van der Waals surface area (Å²) in [5.41, 5.74) is 0.524. The third kappa shape index (κ3) is 4.48. The fraction of sp³-hybridized carbons (Fsp3) is 0.529. The Bertz CT molecular complexity index is 523. The summed E-state index contributed by atoms with van der Waals surface area (Å²) in [6.45, 7) is 2.00. The normalized spacial score (nSPS) is 16.8. The third-order valence-electron chi connectivity index (χ3n) is 4.11. The molecule has 0 aromatic heterocycles. The van der Waals surface area contributed by atoms with E-state index in [4.69, 9.17) is 9.84 Å². The van der Waals surface area contributed by atoms with Crippen LogP contribution in [-0.2, 0) is 9.59 Å². The quantitative estimate of drug-likeness (QED) is 0.791. The standard InChI is InChI=1S/C17H23NO4/c1-12(17(20)21)16(19)18-14-9-5-6-10-15(14)22-11-13-7-3-2-4-8-13/h5-6,9-10,12-13H,2-4,7-8,11H2,1H3,(H,18,19)(H,20,21). The first-order valence-corrected chi connectivity index (χ1v) is 7.83. The topological polar surface area (TPSA) is 75.6 Å². The van der Waals surface area contributed by atoms with Crippen LogP contribution in [0.4, 0.5) is 5.69 Å². The zero-order valence-electron chi connectivity index (χ0n) is 12.9. The third-order valence-corrected chi connectivity index (χ3v) is 4.11. The van der Waals surface area contributed by atoms with E-state index < -0.39 is 17.8 Å². The van der Waals surface area contributed by atoms with Gasteiger partial charge in [0, 0.05) is 0 Å². The molecule has 120 valence electrons. The SMILES string of the molecule is CC(C(=O)O)C(=O)Nc1ccccc1OCC1CCCCC1. The highest BCUT2D eigenvalue weighted by Gasteiger charge is 2.22. The first kappa shape index (κ1) is 16.3. The van der Waals surface area contributed by atoms with Crippen molar-refractivity contribution in [2.45, 2.75) is 39.0 Å². The molecule has 5 heteroatoms. The molecule has 1 aromatic carbocycles. The van der Waals surface area contributed by atoms with Gasteiger partial charge in [0.05, 0.1) is 12.3 Å². The molecule has 0 bridgehead atoms. The summed E-state index contributed by atoms with van der Waals surface area (Å²) in [5.74, 6) is -1.61. The van der Waals surface area contributed by atoms with Gasteiger partial charge in [-0.25, -0.2) is 0 Å². The lowest BCUT2D eigenvalue weighted by atomic mass is 9.90. The highest BCUT2D eigenvalue weighted by atomic mass is 16.5. The van der Waals surface area contributed by atoms with Crippen LogP contribution in [0.3, 0.4) is 0 Å². The Kier molecular flexibility index (Phi) is 5.81. The average Bonchev–Trinajstić information content (AvgIpc) is 2.54. The summed E-state index contributed by atoms with van der Waals surface area (Å²) in [7, 11) is 0. The lowest BCUT2D eigenvalue weighted by molar-refractivity contribution is -0.144. The van der Waals surface area contributed by atoms with Crippen molar-refractivity contribution in [2.75, 3.05) is 11.9 Å². The molecule has 1 aliphatic rings. The van der Waals surface area contributed by atoms with Gasteiger partial charge in [0.25, 0.3) is 0 Å². The second kappa shape index (κ2) is 7.82. The maximum atomic E-state index is 11.9. The smallest absolute Gasteiger partial charge is 0.315 e. The molecule has 1 saturated carbocycles. The molecular formula is C17H23NO4. The van der Waals surface area contributed by atoms with E-state index in [-0.39, 0.29) is 0 Å². The van der Waals surface area contributed by atoms with Gasteiger partial charge in [-0.05, 0) is 37.8 Å². The molecule has 1 fully saturated rings. The maximum absolute atomic E-state index is 11.9. The number of benzene rings is 1. The van der Waals surface area contributed by atoms with E-state index in [1.165, 1.54) is 39.0 Å². The van der Waals surface area contributed by atoms with Crippen molar-refractivity contribution < 1.29 is 19.4 Å². The molecule has 1 unspecified atom stereocenters. The minimum absolute atomic E-state index is 0.524. The first-order chi connectivity index (χ1) is 10.6. The van der Waals surface area contributed by atoms with Gasteiger partial charge in [-0.3, -0.25) is 9.59 Å². The Morgan fingerprint density at radius 1 is 1.27 bits per heavy atom. The number of ether oxygens (including phenoxy) is 1. The van der Waals surface area contributed by atoms with Crippen molar-refractivity contribution in [3.05, 3.63) is 24.3 Å². The largest absolute Gasteiger partial charge is 0.491 e. The van der Waals surface area contributed by atoms with Crippen LogP contribution in [0.15, 0.2) is 24.3 Å². The summed E-state index contributed by atoms with van der Waals surface area (Å²) < 4.78 is 5.86. The lowest BCUT2D eigenvalue weighted by Gasteiger charge is -2.22. The van der Waals surface area contributed by atoms with Gasteiger partial charge in [0.1, 0.15) is 11.7 Å². The van der Waals surface area contributed by atoms with E-state index in [9.17, 15) is 9.59 Å². The molecule has 2 N–H and O–H groups in total. The second-order valence-electron chi connectivity index (χ2n) is 5.86. The van der Waals surface area contributed by atoms with Crippen LogP contribution in [0.5, 0.6) is 5.75 Å². The Morgan fingerprint density at radius 2 is 1.95 bits per heavy atom. The zero-order valence-corrected chi connectivity index (χ0v) is 12.9. The predicted molar refractivity (Wildman–Crippen MR) is 83.9 cm³/mol. The minimum atomic E-state index is -1.14. The maximum Gasteiger partial charge on any atom is 0.315 e. The van der Waals surface area contributed by atoms with Crippen molar-refractivity contribution in [3.63, 3.8) is 0 Å². The van der Waals surface area contributed by atoms with Gasteiger partial charge in [0.2, 0.25) is 5.91 Å². The van der Waals surface area contributed by atoms with E-state index >= 15 is 0 Å². The number of carbonyl (C=O) groups is 2. The van der Waals surface area contributed by atoms with Crippen molar-refractivity contribution in [3.8, 4) is 5.75 Å². The fourth-order valence-corrected chi connectivity index (χ4v) is 2.61. The van der Waals surface area contributed by atoms with Crippen LogP contribution in [0.2, 0.25) is 0 Å². The molecule has 0 radical (unpaired) electrons. The molecule has 1 atom stereocenters. The van der Waals surface area contributed by atoms with Crippen molar-refractivity contribution in [1.29, 1.82) is 0 Å². The zero-order chi connectivity index (χ0) is 15.9. The average molecular weight is 305 g/mol. The summed E-state index contributed by atoms with van der Waals surface area (Å²) in [6, 6.07) is 7.15. The first-order valence-electron chi connectivity index (χ1n) is 7.83. The number of carboxylic acid groups (broad SMARTS) is 1. The second-order valence-corrected chi connectivity index (χ2v) is 5.86. The van der Waals surface area contributed by atoms with Gasteiger partial charge in [-0.2, -0.15) is 0 Å². The highest BCUT2D eigenvalue weighted by molar-refractivity contribution is 6.04. The number of rotatable bonds is 6. The minimum Gasteiger partial charge on any atom is -0.491 e. The number of aliphatic carboxylic acids is 1. The molecule has 0 aliphatic heterocycles. The molecule has 0 spiro atoms. The molecular weight excluding hydrogens is 282 g/mol. The molecule has 0 saturated heterocycles. The van der Waals surface area contributed by atoms with Gasteiger partial charge < -0.3 is 15.2 Å². The van der Waals surface area contributed by atoms with Crippen molar-refractivity contribution >= 4 is 17.6 Å². The Balaban J connectivity index is 1.97. The van der Waals surface area contributed by atoms with Gasteiger partial charge in [-0.1, -0.05) is 31.4 Å². The highest BCUT2D eigenvalue weighted by Crippen LogP contribution is 2.28. The Hall–Kier alpha value is -2.04. The van der Waals surface area contributed by atoms with E-state index in [0.29, 0.717) is 24.0 Å². The van der Waals surface area contributed by atoms with Gasteiger partial charge in [-0.15, -0.1) is 0 Å². The van der Waals surface area contributed by atoms with Gasteiger partial charge >= 0.3 is 5.97 Å². The fourth-order valence-electron chi connectivity index (χ4n) is 2.61. The summed E-state index contributed by atoms with van der Waals surface area (Å²) in [5, 5.41) is 11.5. The monoisotopic (exact) mass is 305 g/mol. The number of hydrogen-bond donors (Lipinski definition) is 2. The summed E-state index contributed by atoms with van der Waals surface area (Å²) in [4.78, 5) is 22.7. The molecule has 5 nitrogen and oxygen atoms in total. The number of anilines is 1. The Labute approximate surface area is 130 Å². The Morgan fingerprint density at radius 3 is 2.64 bits per heavy atom. The van der Waals surface area contributed by atoms with E-state index in [0.717, 1.165) is 0 Å². The van der Waals surface area contributed by atoms with E-state index in [1.807, 2.05) is 6.07 Å². The summed E-state index contributed by atoms with van der Waals surface area (Å²) >= 11 is 0. The van der Waals surface area contributed by atoms with Crippen LogP contribution >= 0.6 is 0 Å². The van der Waals surface area contributed by atoms with Crippen molar-refractivity contribution in [1.82, 2.24) is 0 Å². The van der Waals surface area contributed by atoms with E-state index in [2.05, 4.69) is 5.32 Å². The molecule has 2 rings (SSSR count). The van der Waals surface area contributed by atoms with Gasteiger partial charge in [0.15, 0.2) is 0 Å². The summed E-state index contributed by atoms with van der Waals surface area (Å²) in [6.07, 6.45) is 6.18. The van der Waals surface area contributed by atoms with Crippen LogP contribution in [0.25, 0.3) is 0 Å². The predicted octanol–water partition coefficient (Wildman–Crippen LogP) is 3.30. The molecule has 1 aromatic rings. The number of carboxylic acids is 1. The number of para-hydroxylation sites is 2. The van der Waals surface area contributed by atoms with Crippen LogP contribution in [0.1, 0.15) is 39.0 Å². The molecule has 22 heavy (non-hydrogen) atoms. The number of amides is 1. The molecule has 1 aliphatic carbocycles. The van der Waals surface area contributed by atoms with Crippen molar-refractivity contribution in [2.24, 2.45) is 11.8 Å². The van der Waals surface area contributed by atoms with E-state index in [1.54, 1.807) is 18.2 Å².